The van der Waals surface area contributed by atoms with Crippen LogP contribution in [0.5, 0.6) is 0 Å². The molecule has 136 valence electrons. The summed E-state index contributed by atoms with van der Waals surface area (Å²) in [4.78, 5) is 24.9. The Morgan fingerprint density at radius 3 is 2.46 bits per heavy atom. The highest BCUT2D eigenvalue weighted by molar-refractivity contribution is 5.76. The average molecular weight is 353 g/mol. The molecular formula is C20H23N3O3. The zero-order chi connectivity index (χ0) is 17.7. The van der Waals surface area contributed by atoms with Crippen molar-refractivity contribution in [2.45, 2.75) is 57.1 Å². The molecule has 0 unspecified atom stereocenters. The molecule has 6 heteroatoms. The van der Waals surface area contributed by atoms with Gasteiger partial charge in [-0.05, 0) is 68.4 Å². The summed E-state index contributed by atoms with van der Waals surface area (Å²) in [5.41, 5.74) is 0.134. The van der Waals surface area contributed by atoms with E-state index in [-0.39, 0.29) is 30.1 Å². The van der Waals surface area contributed by atoms with Crippen LogP contribution in [-0.2, 0) is 16.1 Å². The molecule has 0 radical (unpaired) electrons. The molecule has 0 atom stereocenters. The lowest BCUT2D eigenvalue weighted by Gasteiger charge is -2.55. The average Bonchev–Trinajstić information content (AvgIpc) is 2.60. The summed E-state index contributed by atoms with van der Waals surface area (Å²) in [6.45, 7) is 0.210. The van der Waals surface area contributed by atoms with Crippen molar-refractivity contribution >= 4 is 16.9 Å². The molecule has 2 aromatic rings. The van der Waals surface area contributed by atoms with Gasteiger partial charge in [0.15, 0.2) is 0 Å². The molecule has 4 fully saturated rings. The van der Waals surface area contributed by atoms with Crippen molar-refractivity contribution in [1.29, 1.82) is 0 Å². The Morgan fingerprint density at radius 1 is 1.12 bits per heavy atom. The Balaban J connectivity index is 1.27. The second-order valence-corrected chi connectivity index (χ2v) is 8.46. The first-order valence-electron chi connectivity index (χ1n) is 9.65. The third-order valence-corrected chi connectivity index (χ3v) is 6.47. The Morgan fingerprint density at radius 2 is 1.77 bits per heavy atom. The largest absolute Gasteiger partial charge is 0.459 e. The van der Waals surface area contributed by atoms with Crippen LogP contribution in [0.1, 0.15) is 44.9 Å². The van der Waals surface area contributed by atoms with Crippen LogP contribution in [-0.4, -0.2) is 26.6 Å². The minimum Gasteiger partial charge on any atom is -0.459 e. The third kappa shape index (κ3) is 2.72. The highest BCUT2D eigenvalue weighted by atomic mass is 16.6. The van der Waals surface area contributed by atoms with Gasteiger partial charge in [-0.25, -0.2) is 4.68 Å². The number of carbonyl (C=O) groups is 1. The molecule has 1 heterocycles. The highest BCUT2D eigenvalue weighted by Crippen LogP contribution is 2.57. The van der Waals surface area contributed by atoms with Crippen molar-refractivity contribution in [2.75, 3.05) is 0 Å². The van der Waals surface area contributed by atoms with Crippen LogP contribution in [0.25, 0.3) is 10.9 Å². The summed E-state index contributed by atoms with van der Waals surface area (Å²) in [7, 11) is 0. The molecule has 0 amide bonds. The third-order valence-electron chi connectivity index (χ3n) is 6.47. The van der Waals surface area contributed by atoms with Crippen LogP contribution in [0.2, 0.25) is 0 Å². The predicted molar refractivity (Wildman–Crippen MR) is 95.4 cm³/mol. The summed E-state index contributed by atoms with van der Waals surface area (Å²) >= 11 is 0. The van der Waals surface area contributed by atoms with Gasteiger partial charge in [0.05, 0.1) is 18.4 Å². The normalized spacial score (nSPS) is 32.1. The molecule has 0 N–H and O–H groups in total. The van der Waals surface area contributed by atoms with Gasteiger partial charge in [-0.3, -0.25) is 9.59 Å². The second kappa shape index (κ2) is 5.89. The van der Waals surface area contributed by atoms with E-state index in [4.69, 9.17) is 4.74 Å². The molecule has 4 saturated carbocycles. The lowest BCUT2D eigenvalue weighted by atomic mass is 9.54. The van der Waals surface area contributed by atoms with Crippen molar-refractivity contribution in [3.8, 4) is 0 Å². The molecule has 1 aromatic carbocycles. The summed E-state index contributed by atoms with van der Waals surface area (Å²) in [6, 6.07) is 7.12. The van der Waals surface area contributed by atoms with Crippen molar-refractivity contribution in [1.82, 2.24) is 15.0 Å². The first kappa shape index (κ1) is 16.0. The number of aromatic nitrogens is 3. The van der Waals surface area contributed by atoms with Crippen molar-refractivity contribution in [3.63, 3.8) is 0 Å². The molecule has 0 saturated heterocycles. The van der Waals surface area contributed by atoms with E-state index < -0.39 is 0 Å². The molecule has 6 rings (SSSR count). The van der Waals surface area contributed by atoms with E-state index in [1.54, 1.807) is 18.2 Å². The molecule has 26 heavy (non-hydrogen) atoms. The number of fused-ring (bicyclic) bond motifs is 1. The fourth-order valence-corrected chi connectivity index (χ4v) is 5.82. The molecule has 4 aliphatic carbocycles. The van der Waals surface area contributed by atoms with Crippen molar-refractivity contribution in [3.05, 3.63) is 34.6 Å². The van der Waals surface area contributed by atoms with E-state index in [0.29, 0.717) is 10.9 Å². The van der Waals surface area contributed by atoms with Gasteiger partial charge in [0.2, 0.25) is 0 Å². The van der Waals surface area contributed by atoms with Gasteiger partial charge >= 0.3 is 5.97 Å². The standard InChI is InChI=1S/C20H23N3O3/c24-18(26-20-10-13-7-14(11-20)9-15(8-13)12-20)5-6-23-19(25)16-3-1-2-4-17(16)21-22-23/h1-4,13-15H,5-12H2. The van der Waals surface area contributed by atoms with Crippen LogP contribution in [0, 0.1) is 17.8 Å². The molecule has 4 aliphatic rings. The van der Waals surface area contributed by atoms with Crippen LogP contribution in [0.3, 0.4) is 0 Å². The smallest absolute Gasteiger partial charge is 0.308 e. The topological polar surface area (TPSA) is 74.1 Å². The van der Waals surface area contributed by atoms with Crippen molar-refractivity contribution < 1.29 is 9.53 Å². The Bertz CT molecular complexity index is 885. The Kier molecular flexibility index (Phi) is 3.62. The number of rotatable bonds is 4. The van der Waals surface area contributed by atoms with Gasteiger partial charge in [0, 0.05) is 0 Å². The molecule has 4 bridgehead atoms. The lowest BCUT2D eigenvalue weighted by molar-refractivity contribution is -0.186. The van der Waals surface area contributed by atoms with Gasteiger partial charge in [-0.1, -0.05) is 17.3 Å². The Hall–Kier alpha value is -2.24. The van der Waals surface area contributed by atoms with Crippen LogP contribution < -0.4 is 5.56 Å². The summed E-state index contributed by atoms with van der Waals surface area (Å²) in [5, 5.41) is 8.54. The monoisotopic (exact) mass is 353 g/mol. The fraction of sp³-hybridized carbons (Fsp3) is 0.600. The predicted octanol–water partition coefficient (Wildman–Crippen LogP) is 2.69. The van der Waals surface area contributed by atoms with Crippen LogP contribution in [0.4, 0.5) is 0 Å². The SMILES string of the molecule is O=C(CCn1nnc2ccccc2c1=O)OC12CC3CC(CC(C3)C1)C2. The minimum atomic E-state index is -0.230. The van der Waals surface area contributed by atoms with E-state index in [2.05, 4.69) is 10.3 Å². The maximum absolute atomic E-state index is 12.5. The van der Waals surface area contributed by atoms with Gasteiger partial charge in [-0.2, -0.15) is 0 Å². The number of hydrogen-bond donors (Lipinski definition) is 0. The van der Waals surface area contributed by atoms with Crippen molar-refractivity contribution in [2.24, 2.45) is 17.8 Å². The number of benzene rings is 1. The van der Waals surface area contributed by atoms with E-state index in [9.17, 15) is 9.59 Å². The number of nitrogens with zero attached hydrogens (tertiary/aromatic N) is 3. The number of carbonyl (C=O) groups excluding carboxylic acids is 1. The quantitative estimate of drug-likeness (QED) is 0.790. The molecular weight excluding hydrogens is 330 g/mol. The first-order valence-corrected chi connectivity index (χ1v) is 9.65. The molecule has 1 aromatic heterocycles. The van der Waals surface area contributed by atoms with E-state index >= 15 is 0 Å². The maximum Gasteiger partial charge on any atom is 0.308 e. The molecule has 0 aliphatic heterocycles. The number of hydrogen-bond acceptors (Lipinski definition) is 5. The van der Waals surface area contributed by atoms with Gasteiger partial charge in [0.1, 0.15) is 11.1 Å². The van der Waals surface area contributed by atoms with Crippen LogP contribution >= 0.6 is 0 Å². The van der Waals surface area contributed by atoms with Crippen LogP contribution in [0.15, 0.2) is 29.1 Å². The summed E-state index contributed by atoms with van der Waals surface area (Å²) < 4.78 is 7.26. The number of esters is 1. The fourth-order valence-electron chi connectivity index (χ4n) is 5.82. The summed E-state index contributed by atoms with van der Waals surface area (Å²) in [6.07, 6.45) is 7.20. The zero-order valence-electron chi connectivity index (χ0n) is 14.8. The zero-order valence-corrected chi connectivity index (χ0v) is 14.8. The lowest BCUT2D eigenvalue weighted by Crippen LogP contribution is -2.52. The van der Waals surface area contributed by atoms with Gasteiger partial charge < -0.3 is 4.74 Å². The number of ether oxygens (including phenoxy) is 1. The highest BCUT2D eigenvalue weighted by Gasteiger charge is 2.53. The minimum absolute atomic E-state index is 0.161. The van der Waals surface area contributed by atoms with Gasteiger partial charge in [0.25, 0.3) is 5.56 Å². The molecule has 0 spiro atoms. The Labute approximate surface area is 151 Å². The van der Waals surface area contributed by atoms with E-state index in [0.717, 1.165) is 37.0 Å². The molecule has 6 nitrogen and oxygen atoms in total. The van der Waals surface area contributed by atoms with Gasteiger partial charge in [-0.15, -0.1) is 5.10 Å². The summed E-state index contributed by atoms with van der Waals surface area (Å²) in [5.74, 6) is 2.00. The first-order chi connectivity index (χ1) is 12.6. The van der Waals surface area contributed by atoms with E-state index in [1.807, 2.05) is 6.07 Å². The number of aryl methyl sites for hydroxylation is 1. The maximum atomic E-state index is 12.5. The second-order valence-electron chi connectivity index (χ2n) is 8.46. The van der Waals surface area contributed by atoms with E-state index in [1.165, 1.54) is 23.9 Å².